The predicted molar refractivity (Wildman–Crippen MR) is 99.3 cm³/mol. The smallest absolute Gasteiger partial charge is 0.257 e. The Balaban J connectivity index is 1.63. The zero-order valence-corrected chi connectivity index (χ0v) is 15.5. The van der Waals surface area contributed by atoms with Gasteiger partial charge < -0.3 is 20.7 Å². The Morgan fingerprint density at radius 3 is 2.86 bits per heavy atom. The van der Waals surface area contributed by atoms with Gasteiger partial charge in [0.25, 0.3) is 11.8 Å². The number of nitrogens with zero attached hydrogens (tertiary/aromatic N) is 1. The third kappa shape index (κ3) is 4.30. The number of carbonyl (C=O) groups excluding carboxylic acids is 4. The van der Waals surface area contributed by atoms with Gasteiger partial charge in [-0.2, -0.15) is 0 Å². The number of nitrogens with one attached hydrogen (secondary N) is 2. The number of rotatable bonds is 8. The van der Waals surface area contributed by atoms with Gasteiger partial charge in [0.1, 0.15) is 11.8 Å². The van der Waals surface area contributed by atoms with E-state index in [0.717, 1.165) is 12.8 Å². The zero-order valence-electron chi connectivity index (χ0n) is 15.5. The molecule has 1 fully saturated rings. The van der Waals surface area contributed by atoms with Crippen molar-refractivity contribution in [2.45, 2.75) is 38.3 Å². The van der Waals surface area contributed by atoms with Crippen molar-refractivity contribution < 1.29 is 23.9 Å². The largest absolute Gasteiger partial charge is 0.483 e. The van der Waals surface area contributed by atoms with Gasteiger partial charge in [0.05, 0.1) is 6.54 Å². The molecule has 2 aliphatic rings. The van der Waals surface area contributed by atoms with E-state index in [1.807, 2.05) is 0 Å². The minimum Gasteiger partial charge on any atom is -0.483 e. The lowest BCUT2D eigenvalue weighted by atomic mass is 10.0. The van der Waals surface area contributed by atoms with Gasteiger partial charge in [0, 0.05) is 24.1 Å². The van der Waals surface area contributed by atoms with E-state index in [0.29, 0.717) is 36.4 Å². The van der Waals surface area contributed by atoms with E-state index < -0.39 is 11.9 Å². The minimum absolute atomic E-state index is 0.161. The minimum atomic E-state index is -0.684. The van der Waals surface area contributed by atoms with Crippen LogP contribution in [0.25, 0.3) is 0 Å². The molecule has 2 aliphatic heterocycles. The van der Waals surface area contributed by atoms with Crippen LogP contribution in [0.4, 0.5) is 0 Å². The van der Waals surface area contributed by atoms with E-state index in [2.05, 4.69) is 10.6 Å². The molecule has 1 aromatic rings. The molecule has 1 saturated heterocycles. The second-order valence-electron chi connectivity index (χ2n) is 6.82. The number of nitrogens with two attached hydrogens (primary N) is 1. The predicted octanol–water partition coefficient (Wildman–Crippen LogP) is -0.318. The standard InChI is InChI=1S/C19H24N4O5/c20-8-1-2-9-21-17(25)11-28-15-5-3-4-12-13(15)10-23(19(12)27)14-6-7-16(24)22-18(14)26/h3-5,14H,1-2,6-11,20H2,(H,21,25)(H,22,24,26). The van der Waals surface area contributed by atoms with Crippen LogP contribution >= 0.6 is 0 Å². The summed E-state index contributed by atoms with van der Waals surface area (Å²) in [5, 5.41) is 5.03. The first-order valence-corrected chi connectivity index (χ1v) is 9.37. The van der Waals surface area contributed by atoms with Crippen LogP contribution in [0, 0.1) is 0 Å². The van der Waals surface area contributed by atoms with Crippen molar-refractivity contribution in [3.05, 3.63) is 29.3 Å². The fourth-order valence-electron chi connectivity index (χ4n) is 3.38. The van der Waals surface area contributed by atoms with Crippen molar-refractivity contribution in [3.8, 4) is 5.75 Å². The Labute approximate surface area is 162 Å². The average Bonchev–Trinajstić information content (AvgIpc) is 3.01. The molecule has 1 unspecified atom stereocenters. The molecule has 0 spiro atoms. The number of unbranched alkanes of at least 4 members (excludes halogenated alkanes) is 1. The molecule has 1 aromatic carbocycles. The fraction of sp³-hybridized carbons (Fsp3) is 0.474. The molecule has 0 aromatic heterocycles. The molecule has 0 aliphatic carbocycles. The summed E-state index contributed by atoms with van der Waals surface area (Å²) in [4.78, 5) is 49.5. The molecule has 150 valence electrons. The van der Waals surface area contributed by atoms with Crippen molar-refractivity contribution >= 4 is 23.6 Å². The molecule has 2 heterocycles. The number of piperidine rings is 1. The number of hydrogen-bond acceptors (Lipinski definition) is 6. The summed E-state index contributed by atoms with van der Waals surface area (Å²) in [7, 11) is 0. The molecular weight excluding hydrogens is 364 g/mol. The van der Waals surface area contributed by atoms with Gasteiger partial charge in [-0.25, -0.2) is 0 Å². The second kappa shape index (κ2) is 8.83. The van der Waals surface area contributed by atoms with Crippen LogP contribution in [0.2, 0.25) is 0 Å². The average molecular weight is 388 g/mol. The Hall–Kier alpha value is -2.94. The Kier molecular flexibility index (Phi) is 6.25. The normalized spacial score (nSPS) is 18.7. The number of amides is 4. The summed E-state index contributed by atoms with van der Waals surface area (Å²) in [5.41, 5.74) is 6.51. The highest BCUT2D eigenvalue weighted by molar-refractivity contribution is 6.05. The number of ether oxygens (including phenoxy) is 1. The first kappa shape index (κ1) is 19.8. The lowest BCUT2D eigenvalue weighted by Gasteiger charge is -2.29. The monoisotopic (exact) mass is 388 g/mol. The van der Waals surface area contributed by atoms with Gasteiger partial charge in [-0.15, -0.1) is 0 Å². The molecule has 28 heavy (non-hydrogen) atoms. The highest BCUT2D eigenvalue weighted by Crippen LogP contribution is 2.33. The van der Waals surface area contributed by atoms with Crippen molar-refractivity contribution in [1.29, 1.82) is 0 Å². The van der Waals surface area contributed by atoms with Crippen molar-refractivity contribution in [1.82, 2.24) is 15.5 Å². The number of hydrogen-bond donors (Lipinski definition) is 3. The van der Waals surface area contributed by atoms with E-state index in [1.165, 1.54) is 4.90 Å². The van der Waals surface area contributed by atoms with Gasteiger partial charge in [-0.05, 0) is 37.9 Å². The SMILES string of the molecule is NCCCCNC(=O)COc1cccc2c1CN(C1CCC(=O)NC1=O)C2=O. The van der Waals surface area contributed by atoms with E-state index in [-0.39, 0.29) is 37.3 Å². The molecule has 3 rings (SSSR count). The first-order chi connectivity index (χ1) is 13.5. The van der Waals surface area contributed by atoms with Gasteiger partial charge in [-0.3, -0.25) is 24.5 Å². The topological polar surface area (TPSA) is 131 Å². The summed E-state index contributed by atoms with van der Waals surface area (Å²) in [6, 6.07) is 4.36. The molecule has 0 saturated carbocycles. The highest BCUT2D eigenvalue weighted by Gasteiger charge is 2.40. The van der Waals surface area contributed by atoms with Crippen LogP contribution in [0.5, 0.6) is 5.75 Å². The highest BCUT2D eigenvalue weighted by atomic mass is 16.5. The maximum absolute atomic E-state index is 12.7. The number of benzene rings is 1. The summed E-state index contributed by atoms with van der Waals surface area (Å²) < 4.78 is 5.63. The molecule has 9 heteroatoms. The quantitative estimate of drug-likeness (QED) is 0.413. The lowest BCUT2D eigenvalue weighted by molar-refractivity contribution is -0.137. The van der Waals surface area contributed by atoms with E-state index in [1.54, 1.807) is 18.2 Å². The molecular formula is C19H24N4O5. The van der Waals surface area contributed by atoms with Crippen molar-refractivity contribution in [2.24, 2.45) is 5.73 Å². The van der Waals surface area contributed by atoms with Gasteiger partial charge in [0.2, 0.25) is 11.8 Å². The lowest BCUT2D eigenvalue weighted by Crippen LogP contribution is -2.52. The van der Waals surface area contributed by atoms with Crippen LogP contribution in [-0.4, -0.2) is 54.3 Å². The molecule has 0 bridgehead atoms. The van der Waals surface area contributed by atoms with E-state index in [9.17, 15) is 19.2 Å². The summed E-state index contributed by atoms with van der Waals surface area (Å²) in [5.74, 6) is -0.872. The molecule has 4 amide bonds. The fourth-order valence-corrected chi connectivity index (χ4v) is 3.38. The number of carbonyl (C=O) groups is 4. The Bertz CT molecular complexity index is 795. The van der Waals surface area contributed by atoms with Crippen LogP contribution in [-0.2, 0) is 20.9 Å². The van der Waals surface area contributed by atoms with Crippen LogP contribution < -0.4 is 21.1 Å². The third-order valence-corrected chi connectivity index (χ3v) is 4.85. The zero-order chi connectivity index (χ0) is 20.1. The second-order valence-corrected chi connectivity index (χ2v) is 6.82. The summed E-state index contributed by atoms with van der Waals surface area (Å²) in [6.45, 7) is 1.16. The summed E-state index contributed by atoms with van der Waals surface area (Å²) >= 11 is 0. The van der Waals surface area contributed by atoms with Crippen LogP contribution in [0.3, 0.4) is 0 Å². The van der Waals surface area contributed by atoms with E-state index >= 15 is 0 Å². The maximum atomic E-state index is 12.7. The van der Waals surface area contributed by atoms with Gasteiger partial charge in [-0.1, -0.05) is 6.07 Å². The first-order valence-electron chi connectivity index (χ1n) is 9.37. The Morgan fingerprint density at radius 1 is 1.29 bits per heavy atom. The molecule has 0 radical (unpaired) electrons. The summed E-state index contributed by atoms with van der Waals surface area (Å²) in [6.07, 6.45) is 2.14. The van der Waals surface area contributed by atoms with Crippen LogP contribution in [0.1, 0.15) is 41.6 Å². The molecule has 9 nitrogen and oxygen atoms in total. The van der Waals surface area contributed by atoms with E-state index in [4.69, 9.17) is 10.5 Å². The van der Waals surface area contributed by atoms with Crippen molar-refractivity contribution in [3.63, 3.8) is 0 Å². The number of fused-ring (bicyclic) bond motifs is 1. The third-order valence-electron chi connectivity index (χ3n) is 4.85. The van der Waals surface area contributed by atoms with Crippen molar-refractivity contribution in [2.75, 3.05) is 19.7 Å². The maximum Gasteiger partial charge on any atom is 0.257 e. The number of imide groups is 1. The molecule has 4 N–H and O–H groups in total. The van der Waals surface area contributed by atoms with Gasteiger partial charge in [0.15, 0.2) is 6.61 Å². The Morgan fingerprint density at radius 2 is 2.11 bits per heavy atom. The van der Waals surface area contributed by atoms with Gasteiger partial charge >= 0.3 is 0 Å². The molecule has 1 atom stereocenters. The van der Waals surface area contributed by atoms with Crippen LogP contribution in [0.15, 0.2) is 18.2 Å².